The Morgan fingerprint density at radius 1 is 1.36 bits per heavy atom. The predicted octanol–water partition coefficient (Wildman–Crippen LogP) is 0.133. The number of nitrogens with one attached hydrogen (secondary N) is 1. The van der Waals surface area contributed by atoms with Gasteiger partial charge in [0.1, 0.15) is 0 Å². The van der Waals surface area contributed by atoms with E-state index in [1.54, 1.807) is 0 Å². The van der Waals surface area contributed by atoms with E-state index in [1.165, 1.54) is 0 Å². The standard InChI is InChI=1S/C10H23NO3/c1-4-9(6-12)11-5-10(13)7-14-8(2)3/h8-13H,4-7H2,1-3H3. The van der Waals surface area contributed by atoms with Crippen LogP contribution in [0.25, 0.3) is 0 Å². The zero-order chi connectivity index (χ0) is 11.0. The normalized spacial score (nSPS) is 15.9. The molecule has 0 aromatic rings. The smallest absolute Gasteiger partial charge is 0.0897 e. The van der Waals surface area contributed by atoms with Gasteiger partial charge in [0.2, 0.25) is 0 Å². The van der Waals surface area contributed by atoms with Crippen LogP contribution >= 0.6 is 0 Å². The fraction of sp³-hybridized carbons (Fsp3) is 1.00. The van der Waals surface area contributed by atoms with Crippen molar-refractivity contribution in [3.8, 4) is 0 Å². The van der Waals surface area contributed by atoms with E-state index in [1.807, 2.05) is 20.8 Å². The van der Waals surface area contributed by atoms with Crippen molar-refractivity contribution in [3.63, 3.8) is 0 Å². The second kappa shape index (κ2) is 8.17. The highest BCUT2D eigenvalue weighted by atomic mass is 16.5. The van der Waals surface area contributed by atoms with E-state index in [4.69, 9.17) is 9.84 Å². The molecule has 0 rings (SSSR count). The van der Waals surface area contributed by atoms with Gasteiger partial charge < -0.3 is 20.3 Å². The summed E-state index contributed by atoms with van der Waals surface area (Å²) in [5, 5.41) is 21.4. The molecule has 0 aliphatic rings. The molecule has 0 spiro atoms. The number of aliphatic hydroxyl groups is 2. The molecule has 0 fully saturated rings. The lowest BCUT2D eigenvalue weighted by Crippen LogP contribution is -2.39. The lowest BCUT2D eigenvalue weighted by atomic mass is 10.2. The second-order valence-corrected chi connectivity index (χ2v) is 3.73. The van der Waals surface area contributed by atoms with Crippen LogP contribution in [0.5, 0.6) is 0 Å². The third kappa shape index (κ3) is 7.26. The second-order valence-electron chi connectivity index (χ2n) is 3.73. The van der Waals surface area contributed by atoms with Crippen LogP contribution in [0, 0.1) is 0 Å². The van der Waals surface area contributed by atoms with E-state index in [-0.39, 0.29) is 18.8 Å². The Hall–Kier alpha value is -0.160. The molecule has 2 atom stereocenters. The highest BCUT2D eigenvalue weighted by Gasteiger charge is 2.08. The molecule has 0 heterocycles. The van der Waals surface area contributed by atoms with Crippen molar-refractivity contribution in [2.45, 2.75) is 45.4 Å². The molecule has 4 nitrogen and oxygen atoms in total. The molecule has 14 heavy (non-hydrogen) atoms. The maximum atomic E-state index is 9.47. The SMILES string of the molecule is CCC(CO)NCC(O)COC(C)C. The maximum absolute atomic E-state index is 9.47. The van der Waals surface area contributed by atoms with Gasteiger partial charge in [-0.3, -0.25) is 0 Å². The fourth-order valence-corrected chi connectivity index (χ4v) is 1.00. The lowest BCUT2D eigenvalue weighted by molar-refractivity contribution is 0.00470. The molecule has 0 saturated heterocycles. The molecule has 2 unspecified atom stereocenters. The summed E-state index contributed by atoms with van der Waals surface area (Å²) >= 11 is 0. The summed E-state index contributed by atoms with van der Waals surface area (Å²) in [5.74, 6) is 0. The van der Waals surface area contributed by atoms with Crippen molar-refractivity contribution in [2.24, 2.45) is 0 Å². The van der Waals surface area contributed by atoms with E-state index in [2.05, 4.69) is 5.32 Å². The van der Waals surface area contributed by atoms with Crippen LogP contribution in [0.3, 0.4) is 0 Å². The molecule has 3 N–H and O–H groups in total. The van der Waals surface area contributed by atoms with E-state index in [0.29, 0.717) is 13.2 Å². The first-order chi connectivity index (χ1) is 6.60. The summed E-state index contributed by atoms with van der Waals surface area (Å²) in [5.41, 5.74) is 0. The summed E-state index contributed by atoms with van der Waals surface area (Å²) in [4.78, 5) is 0. The summed E-state index contributed by atoms with van der Waals surface area (Å²) in [6.45, 7) is 6.77. The van der Waals surface area contributed by atoms with Crippen LogP contribution in [-0.4, -0.2) is 48.2 Å². The Bertz CT molecular complexity index is 127. The molecule has 0 bridgehead atoms. The highest BCUT2D eigenvalue weighted by molar-refractivity contribution is 4.66. The number of hydrogen-bond acceptors (Lipinski definition) is 4. The zero-order valence-electron chi connectivity index (χ0n) is 9.36. The van der Waals surface area contributed by atoms with Gasteiger partial charge in [-0.05, 0) is 20.3 Å². The Kier molecular flexibility index (Phi) is 8.08. The molecular formula is C10H23NO3. The summed E-state index contributed by atoms with van der Waals surface area (Å²) in [6, 6.07) is 0.0729. The number of rotatable bonds is 8. The van der Waals surface area contributed by atoms with Crippen molar-refractivity contribution >= 4 is 0 Å². The molecular weight excluding hydrogens is 182 g/mol. The minimum Gasteiger partial charge on any atom is -0.395 e. The quantitative estimate of drug-likeness (QED) is 0.527. The Labute approximate surface area is 86.3 Å². The van der Waals surface area contributed by atoms with Gasteiger partial charge in [0.15, 0.2) is 0 Å². The molecule has 86 valence electrons. The van der Waals surface area contributed by atoms with Crippen molar-refractivity contribution in [3.05, 3.63) is 0 Å². The van der Waals surface area contributed by atoms with Crippen molar-refractivity contribution in [2.75, 3.05) is 19.8 Å². The Morgan fingerprint density at radius 2 is 2.00 bits per heavy atom. The average molecular weight is 205 g/mol. The minimum atomic E-state index is -0.502. The van der Waals surface area contributed by atoms with Crippen LogP contribution in [0.1, 0.15) is 27.2 Å². The summed E-state index contributed by atoms with van der Waals surface area (Å²) in [6.07, 6.45) is 0.497. The van der Waals surface area contributed by atoms with E-state index < -0.39 is 6.10 Å². The third-order valence-corrected chi connectivity index (χ3v) is 1.98. The first kappa shape index (κ1) is 13.8. The van der Waals surface area contributed by atoms with E-state index >= 15 is 0 Å². The maximum Gasteiger partial charge on any atom is 0.0897 e. The van der Waals surface area contributed by atoms with E-state index in [0.717, 1.165) is 6.42 Å². The van der Waals surface area contributed by atoms with Crippen LogP contribution in [-0.2, 0) is 4.74 Å². The van der Waals surface area contributed by atoms with Gasteiger partial charge in [-0.25, -0.2) is 0 Å². The zero-order valence-corrected chi connectivity index (χ0v) is 9.36. The van der Waals surface area contributed by atoms with Crippen LogP contribution in [0.4, 0.5) is 0 Å². The molecule has 0 radical (unpaired) electrons. The average Bonchev–Trinajstić information content (AvgIpc) is 2.16. The molecule has 0 amide bonds. The van der Waals surface area contributed by atoms with Gasteiger partial charge in [-0.2, -0.15) is 0 Å². The molecule has 0 aliphatic carbocycles. The molecule has 0 saturated carbocycles. The minimum absolute atomic E-state index is 0.0729. The van der Waals surface area contributed by atoms with Crippen LogP contribution < -0.4 is 5.32 Å². The number of hydrogen-bond donors (Lipinski definition) is 3. The van der Waals surface area contributed by atoms with Crippen molar-refractivity contribution in [1.29, 1.82) is 0 Å². The monoisotopic (exact) mass is 205 g/mol. The van der Waals surface area contributed by atoms with Crippen LogP contribution in [0.15, 0.2) is 0 Å². The first-order valence-electron chi connectivity index (χ1n) is 5.24. The van der Waals surface area contributed by atoms with Gasteiger partial charge in [0, 0.05) is 12.6 Å². The summed E-state index contributed by atoms with van der Waals surface area (Å²) < 4.78 is 5.25. The predicted molar refractivity (Wildman–Crippen MR) is 56.3 cm³/mol. The molecule has 0 aliphatic heterocycles. The Balaban J connectivity index is 3.46. The number of aliphatic hydroxyl groups excluding tert-OH is 2. The first-order valence-corrected chi connectivity index (χ1v) is 5.24. The molecule has 0 aromatic heterocycles. The Morgan fingerprint density at radius 3 is 2.43 bits per heavy atom. The van der Waals surface area contributed by atoms with Gasteiger partial charge in [0.25, 0.3) is 0 Å². The van der Waals surface area contributed by atoms with Gasteiger partial charge >= 0.3 is 0 Å². The highest BCUT2D eigenvalue weighted by Crippen LogP contribution is 1.93. The fourth-order valence-electron chi connectivity index (χ4n) is 1.00. The van der Waals surface area contributed by atoms with Gasteiger partial charge in [0.05, 0.1) is 25.4 Å². The number of ether oxygens (including phenoxy) is 1. The van der Waals surface area contributed by atoms with E-state index in [9.17, 15) is 5.11 Å². The largest absolute Gasteiger partial charge is 0.395 e. The van der Waals surface area contributed by atoms with Crippen molar-refractivity contribution in [1.82, 2.24) is 5.32 Å². The van der Waals surface area contributed by atoms with Gasteiger partial charge in [-0.1, -0.05) is 6.92 Å². The lowest BCUT2D eigenvalue weighted by Gasteiger charge is -2.18. The molecule has 0 aromatic carbocycles. The van der Waals surface area contributed by atoms with Gasteiger partial charge in [-0.15, -0.1) is 0 Å². The summed E-state index contributed by atoms with van der Waals surface area (Å²) in [7, 11) is 0. The van der Waals surface area contributed by atoms with Crippen LogP contribution in [0.2, 0.25) is 0 Å². The topological polar surface area (TPSA) is 61.7 Å². The third-order valence-electron chi connectivity index (χ3n) is 1.98. The van der Waals surface area contributed by atoms with Crippen molar-refractivity contribution < 1.29 is 14.9 Å². The molecule has 4 heteroatoms.